The van der Waals surface area contributed by atoms with Crippen molar-refractivity contribution < 1.29 is 29.4 Å². The van der Waals surface area contributed by atoms with Crippen LogP contribution in [0.25, 0.3) is 0 Å². The van der Waals surface area contributed by atoms with Gasteiger partial charge in [-0.15, -0.1) is 0 Å². The molecule has 1 aromatic rings. The van der Waals surface area contributed by atoms with Crippen LogP contribution >= 0.6 is 0 Å². The van der Waals surface area contributed by atoms with Gasteiger partial charge >= 0.3 is 5.97 Å². The van der Waals surface area contributed by atoms with E-state index in [0.29, 0.717) is 25.1 Å². The molecular weight excluding hydrogens is 398 g/mol. The molecule has 0 fully saturated rings. The van der Waals surface area contributed by atoms with Crippen molar-refractivity contribution in [2.24, 2.45) is 11.5 Å². The summed E-state index contributed by atoms with van der Waals surface area (Å²) < 4.78 is 0. The second-order valence-corrected chi connectivity index (χ2v) is 6.53. The van der Waals surface area contributed by atoms with E-state index in [-0.39, 0.29) is 19.4 Å². The van der Waals surface area contributed by atoms with Gasteiger partial charge in [0.2, 0.25) is 17.7 Å². The van der Waals surface area contributed by atoms with E-state index in [1.807, 2.05) is 0 Å². The molecule has 10 N–H and O–H groups in total. The van der Waals surface area contributed by atoms with Crippen molar-refractivity contribution in [1.29, 1.82) is 0 Å². The summed E-state index contributed by atoms with van der Waals surface area (Å²) in [5.74, 6) is -3.40. The minimum atomic E-state index is -1.51. The molecule has 0 spiro atoms. The second kappa shape index (κ2) is 13.2. The molecule has 0 saturated carbocycles. The summed E-state index contributed by atoms with van der Waals surface area (Å²) in [7, 11) is 0. The van der Waals surface area contributed by atoms with E-state index in [4.69, 9.17) is 21.7 Å². The maximum atomic E-state index is 12.8. The molecule has 1 aromatic heterocycles. The van der Waals surface area contributed by atoms with Crippen molar-refractivity contribution in [2.45, 2.75) is 43.8 Å². The highest BCUT2D eigenvalue weighted by atomic mass is 16.4. The number of imidazole rings is 1. The molecule has 0 saturated heterocycles. The molecular formula is C17H29N7O6. The number of aliphatic carboxylic acids is 1. The Labute approximate surface area is 173 Å². The lowest BCUT2D eigenvalue weighted by molar-refractivity contribution is -0.143. The Kier molecular flexibility index (Phi) is 11.0. The van der Waals surface area contributed by atoms with Gasteiger partial charge in [0.05, 0.1) is 19.5 Å². The monoisotopic (exact) mass is 427 g/mol. The Morgan fingerprint density at radius 3 is 2.23 bits per heavy atom. The Morgan fingerprint density at radius 1 is 1.03 bits per heavy atom. The van der Waals surface area contributed by atoms with Crippen molar-refractivity contribution in [1.82, 2.24) is 25.9 Å². The third-order valence-corrected chi connectivity index (χ3v) is 4.19. The van der Waals surface area contributed by atoms with Crippen LogP contribution in [-0.4, -0.2) is 81.7 Å². The molecule has 3 amide bonds. The maximum Gasteiger partial charge on any atom is 0.328 e. The van der Waals surface area contributed by atoms with E-state index in [0.717, 1.165) is 0 Å². The number of nitrogens with two attached hydrogens (primary N) is 2. The predicted molar refractivity (Wildman–Crippen MR) is 105 cm³/mol. The Morgan fingerprint density at radius 2 is 1.70 bits per heavy atom. The van der Waals surface area contributed by atoms with E-state index in [1.54, 1.807) is 0 Å². The van der Waals surface area contributed by atoms with Gasteiger partial charge in [-0.05, 0) is 25.8 Å². The lowest BCUT2D eigenvalue weighted by atomic mass is 10.1. The van der Waals surface area contributed by atoms with Gasteiger partial charge in [0.25, 0.3) is 0 Å². The molecule has 0 aromatic carbocycles. The topological polar surface area (TPSA) is 226 Å². The molecule has 0 aliphatic carbocycles. The van der Waals surface area contributed by atoms with Crippen LogP contribution in [0.5, 0.6) is 0 Å². The van der Waals surface area contributed by atoms with E-state index in [9.17, 15) is 19.2 Å². The summed E-state index contributed by atoms with van der Waals surface area (Å²) >= 11 is 0. The standard InChI is InChI=1S/C17H29N7O6/c18-4-2-1-3-11(15(27)24-13(8-25)17(29)30)23-16(28)12(22-14(26)6-19)5-10-7-20-9-21-10/h7,9,11-13,25H,1-6,8,18-19H2,(H,20,21)(H,22,26)(H,23,28)(H,24,27)(H,29,30). The lowest BCUT2D eigenvalue weighted by Crippen LogP contribution is -2.57. The van der Waals surface area contributed by atoms with Crippen LogP contribution in [0.3, 0.4) is 0 Å². The number of hydrogen-bond acceptors (Lipinski definition) is 8. The van der Waals surface area contributed by atoms with Crippen LogP contribution in [0.15, 0.2) is 12.5 Å². The number of unbranched alkanes of at least 4 members (excludes halogenated alkanes) is 1. The van der Waals surface area contributed by atoms with Crippen LogP contribution < -0.4 is 27.4 Å². The number of rotatable bonds is 14. The van der Waals surface area contributed by atoms with Crippen LogP contribution in [-0.2, 0) is 25.6 Å². The number of aliphatic hydroxyl groups excluding tert-OH is 1. The van der Waals surface area contributed by atoms with Gasteiger partial charge in [-0.1, -0.05) is 0 Å². The zero-order chi connectivity index (χ0) is 22.5. The smallest absolute Gasteiger partial charge is 0.328 e. The van der Waals surface area contributed by atoms with Crippen LogP contribution in [0, 0.1) is 0 Å². The third kappa shape index (κ3) is 8.55. The van der Waals surface area contributed by atoms with Gasteiger partial charge in [-0.25, -0.2) is 9.78 Å². The first-order chi connectivity index (χ1) is 14.3. The number of aromatic nitrogens is 2. The zero-order valence-electron chi connectivity index (χ0n) is 16.5. The molecule has 30 heavy (non-hydrogen) atoms. The summed E-state index contributed by atoms with van der Waals surface area (Å²) in [4.78, 5) is 54.7. The minimum Gasteiger partial charge on any atom is -0.480 e. The summed E-state index contributed by atoms with van der Waals surface area (Å²) in [6, 6.07) is -3.64. The van der Waals surface area contributed by atoms with Crippen molar-refractivity contribution in [2.75, 3.05) is 19.7 Å². The van der Waals surface area contributed by atoms with Gasteiger partial charge < -0.3 is 42.6 Å². The van der Waals surface area contributed by atoms with Crippen LogP contribution in [0.2, 0.25) is 0 Å². The molecule has 0 bridgehead atoms. The SMILES string of the molecule is NCCCCC(NC(=O)C(Cc1cnc[nH]1)NC(=O)CN)C(=O)NC(CO)C(=O)O. The first-order valence-corrected chi connectivity index (χ1v) is 9.43. The molecule has 1 heterocycles. The fourth-order valence-corrected chi connectivity index (χ4v) is 2.57. The van der Waals surface area contributed by atoms with Crippen molar-refractivity contribution in [3.05, 3.63) is 18.2 Å². The number of amides is 3. The van der Waals surface area contributed by atoms with E-state index >= 15 is 0 Å². The Hall–Kier alpha value is -3.03. The Bertz CT molecular complexity index is 697. The number of aromatic amines is 1. The van der Waals surface area contributed by atoms with E-state index < -0.39 is 48.4 Å². The second-order valence-electron chi connectivity index (χ2n) is 6.53. The molecule has 0 aliphatic heterocycles. The molecule has 13 nitrogen and oxygen atoms in total. The largest absolute Gasteiger partial charge is 0.480 e. The van der Waals surface area contributed by atoms with Crippen LogP contribution in [0.1, 0.15) is 25.0 Å². The number of hydrogen-bond donors (Lipinski definition) is 8. The average molecular weight is 427 g/mol. The summed E-state index contributed by atoms with van der Waals surface area (Å²) in [5.41, 5.74) is 11.3. The van der Waals surface area contributed by atoms with Gasteiger partial charge in [0, 0.05) is 18.3 Å². The maximum absolute atomic E-state index is 12.8. The number of nitrogens with zero attached hydrogens (tertiary/aromatic N) is 1. The summed E-state index contributed by atoms with van der Waals surface area (Å²) in [6.07, 6.45) is 4.24. The molecule has 3 atom stereocenters. The number of carbonyl (C=O) groups excluding carboxylic acids is 3. The fourth-order valence-electron chi connectivity index (χ4n) is 2.57. The predicted octanol–water partition coefficient (Wildman–Crippen LogP) is -3.43. The quantitative estimate of drug-likeness (QED) is 0.138. The van der Waals surface area contributed by atoms with Gasteiger partial charge in [-0.2, -0.15) is 0 Å². The molecule has 168 valence electrons. The van der Waals surface area contributed by atoms with Gasteiger partial charge in [0.1, 0.15) is 18.1 Å². The lowest BCUT2D eigenvalue weighted by Gasteiger charge is -2.24. The first-order valence-electron chi connectivity index (χ1n) is 9.43. The number of carboxylic acids is 1. The molecule has 1 rings (SSSR count). The number of carbonyl (C=O) groups is 4. The minimum absolute atomic E-state index is 0.0725. The number of nitrogens with one attached hydrogen (secondary N) is 4. The highest BCUT2D eigenvalue weighted by molar-refractivity contribution is 5.93. The first kappa shape index (κ1) is 25.0. The molecule has 3 unspecified atom stereocenters. The summed E-state index contributed by atoms with van der Waals surface area (Å²) in [5, 5.41) is 25.3. The van der Waals surface area contributed by atoms with Crippen LogP contribution in [0.4, 0.5) is 0 Å². The Balaban J connectivity index is 2.92. The number of aliphatic hydroxyl groups is 1. The number of carboxylic acid groups (broad SMARTS) is 1. The van der Waals surface area contributed by atoms with Crippen molar-refractivity contribution >= 4 is 23.7 Å². The molecule has 0 aliphatic rings. The zero-order valence-corrected chi connectivity index (χ0v) is 16.5. The average Bonchev–Trinajstić information content (AvgIpc) is 3.23. The van der Waals surface area contributed by atoms with Crippen molar-refractivity contribution in [3.63, 3.8) is 0 Å². The number of H-pyrrole nitrogens is 1. The highest BCUT2D eigenvalue weighted by Gasteiger charge is 2.29. The van der Waals surface area contributed by atoms with E-state index in [2.05, 4.69) is 25.9 Å². The van der Waals surface area contributed by atoms with Gasteiger partial charge in [0.15, 0.2) is 0 Å². The van der Waals surface area contributed by atoms with E-state index in [1.165, 1.54) is 12.5 Å². The molecule has 13 heteroatoms. The van der Waals surface area contributed by atoms with Crippen molar-refractivity contribution in [3.8, 4) is 0 Å². The summed E-state index contributed by atoms with van der Waals surface area (Å²) in [6.45, 7) is -0.755. The van der Waals surface area contributed by atoms with Gasteiger partial charge in [-0.3, -0.25) is 14.4 Å². The molecule has 0 radical (unpaired) electrons. The third-order valence-electron chi connectivity index (χ3n) is 4.19. The fraction of sp³-hybridized carbons (Fsp3) is 0.588. The highest BCUT2D eigenvalue weighted by Crippen LogP contribution is 2.05. The normalized spacial score (nSPS) is 13.7.